The van der Waals surface area contributed by atoms with Crippen LogP contribution in [-0.4, -0.2) is 70.5 Å². The van der Waals surface area contributed by atoms with E-state index in [-0.39, 0.29) is 36.6 Å². The molecule has 0 spiro atoms. The summed E-state index contributed by atoms with van der Waals surface area (Å²) in [4.78, 5) is 52.7. The predicted octanol–water partition coefficient (Wildman–Crippen LogP) is 21.1. The first-order valence-corrected chi connectivity index (χ1v) is 35.6. The number of esters is 1. The molecule has 79 heavy (non-hydrogen) atoms. The van der Waals surface area contributed by atoms with Crippen molar-refractivity contribution in [3.05, 3.63) is 0 Å². The fourth-order valence-corrected chi connectivity index (χ4v) is 11.7. The van der Waals surface area contributed by atoms with Crippen LogP contribution in [0.1, 0.15) is 394 Å². The monoisotopic (exact) mass is 1120 g/mol. The number of nitrogens with zero attached hydrogens (tertiary/aromatic N) is 1. The molecule has 468 valence electrons. The fourth-order valence-electron chi connectivity index (χ4n) is 11.7. The molecule has 0 radical (unpaired) electrons. The summed E-state index contributed by atoms with van der Waals surface area (Å²) in [6.45, 7) is 9.78. The van der Waals surface area contributed by atoms with Crippen LogP contribution in [0.2, 0.25) is 0 Å². The second-order valence-corrected chi connectivity index (χ2v) is 24.8. The van der Waals surface area contributed by atoms with Crippen LogP contribution in [0.15, 0.2) is 0 Å². The van der Waals surface area contributed by atoms with Crippen molar-refractivity contribution in [3.63, 3.8) is 0 Å². The van der Waals surface area contributed by atoms with Gasteiger partial charge in [0.1, 0.15) is 17.6 Å². The normalized spacial score (nSPS) is 14.6. The Morgan fingerprint density at radius 2 is 0.658 bits per heavy atom. The second kappa shape index (κ2) is 62.3. The number of hydrogen-bond acceptors (Lipinski definition) is 7. The van der Waals surface area contributed by atoms with Crippen molar-refractivity contribution in [2.45, 2.75) is 406 Å². The molecule has 0 bridgehead atoms. The molecular weight excluding hydrogens is 979 g/mol. The van der Waals surface area contributed by atoms with Gasteiger partial charge in [0.2, 0.25) is 5.91 Å². The van der Waals surface area contributed by atoms with Crippen LogP contribution in [0.25, 0.3) is 0 Å². The number of ketones is 2. The van der Waals surface area contributed by atoms with Crippen molar-refractivity contribution >= 4 is 23.4 Å². The number of aliphatic hydroxyl groups excluding tert-OH is 2. The van der Waals surface area contributed by atoms with E-state index in [1.807, 2.05) is 0 Å². The molecule has 0 saturated carbocycles. The lowest BCUT2D eigenvalue weighted by Crippen LogP contribution is -2.41. The van der Waals surface area contributed by atoms with Gasteiger partial charge in [0, 0.05) is 38.8 Å². The first-order valence-electron chi connectivity index (χ1n) is 35.6. The second-order valence-electron chi connectivity index (χ2n) is 24.8. The Bertz CT molecular complexity index is 1310. The number of aliphatic hydroxyl groups is 2. The highest BCUT2D eigenvalue weighted by atomic mass is 16.5. The maximum atomic E-state index is 12.9. The lowest BCUT2D eigenvalue weighted by Gasteiger charge is -2.23. The zero-order valence-corrected chi connectivity index (χ0v) is 53.5. The first-order chi connectivity index (χ1) is 38.8. The highest BCUT2D eigenvalue weighted by Crippen LogP contribution is 2.24. The van der Waals surface area contributed by atoms with Gasteiger partial charge in [-0.05, 0) is 32.1 Å². The highest BCUT2D eigenvalue weighted by molar-refractivity contribution is 6.02. The molecule has 8 heteroatoms. The lowest BCUT2D eigenvalue weighted by atomic mass is 9.87. The third-order valence-corrected chi connectivity index (χ3v) is 17.1. The van der Waals surface area contributed by atoms with Crippen molar-refractivity contribution < 1.29 is 34.1 Å². The molecule has 1 saturated heterocycles. The van der Waals surface area contributed by atoms with Crippen LogP contribution in [0, 0.1) is 5.92 Å². The van der Waals surface area contributed by atoms with Gasteiger partial charge in [-0.15, -0.1) is 0 Å². The number of ether oxygens (including phenoxy) is 1. The maximum Gasteiger partial charge on any atom is 0.328 e. The Morgan fingerprint density at radius 1 is 0.380 bits per heavy atom. The quantitative estimate of drug-likeness (QED) is 0.0353. The number of rotatable bonds is 61. The van der Waals surface area contributed by atoms with Crippen molar-refractivity contribution in [2.75, 3.05) is 19.8 Å². The van der Waals surface area contributed by atoms with Gasteiger partial charge < -0.3 is 19.8 Å². The van der Waals surface area contributed by atoms with E-state index in [1.54, 1.807) is 4.90 Å². The minimum Gasteiger partial charge on any atom is -0.464 e. The minimum atomic E-state index is -0.626. The smallest absolute Gasteiger partial charge is 0.328 e. The molecule has 0 aromatic heterocycles. The van der Waals surface area contributed by atoms with Gasteiger partial charge in [0.25, 0.3) is 0 Å². The van der Waals surface area contributed by atoms with Crippen LogP contribution in [0.5, 0.6) is 0 Å². The Hall–Kier alpha value is -1.80. The summed E-state index contributed by atoms with van der Waals surface area (Å²) >= 11 is 0. The SMILES string of the molecule is CCCCCCCCCCCCCCC(=O)C(CCCCCCCCCCCCCC)C(=O)CCCO.CCCCCCCCCCCCCCCCOC(=O)C1CC(O)CN1C(=O)CCCCCCCCCCCCCCC. The van der Waals surface area contributed by atoms with Crippen LogP contribution < -0.4 is 0 Å². The molecule has 2 N–H and O–H groups in total. The van der Waals surface area contributed by atoms with E-state index < -0.39 is 18.1 Å². The van der Waals surface area contributed by atoms with E-state index in [9.17, 15) is 24.3 Å². The van der Waals surface area contributed by atoms with E-state index >= 15 is 0 Å². The summed E-state index contributed by atoms with van der Waals surface area (Å²) in [6, 6.07) is -0.610. The number of carbonyl (C=O) groups is 4. The molecule has 0 aromatic rings. The largest absolute Gasteiger partial charge is 0.464 e. The van der Waals surface area contributed by atoms with Gasteiger partial charge in [-0.25, -0.2) is 4.79 Å². The fraction of sp³-hybridized carbons (Fsp3) is 0.944. The maximum absolute atomic E-state index is 12.9. The van der Waals surface area contributed by atoms with Crippen LogP contribution in [0.4, 0.5) is 0 Å². The number of unbranched alkanes of at least 4 members (excludes halogenated alkanes) is 47. The average molecular weight is 1120 g/mol. The third kappa shape index (κ3) is 51.6. The topological polar surface area (TPSA) is 121 Å². The van der Waals surface area contributed by atoms with Crippen molar-refractivity contribution in [2.24, 2.45) is 5.92 Å². The number of hydrogen-bond donors (Lipinski definition) is 2. The number of likely N-dealkylation sites (tertiary alicyclic amines) is 1. The van der Waals surface area contributed by atoms with Crippen molar-refractivity contribution in [3.8, 4) is 0 Å². The zero-order valence-electron chi connectivity index (χ0n) is 53.5. The summed E-state index contributed by atoms with van der Waals surface area (Å²) in [5, 5.41) is 19.3. The molecule has 1 heterocycles. The number of carbonyl (C=O) groups excluding carboxylic acids is 4. The Kier molecular flexibility index (Phi) is 60.8. The van der Waals surface area contributed by atoms with Gasteiger partial charge in [-0.1, -0.05) is 336 Å². The summed E-state index contributed by atoms with van der Waals surface area (Å²) in [5.74, 6) is -0.519. The van der Waals surface area contributed by atoms with Gasteiger partial charge in [0.15, 0.2) is 0 Å². The summed E-state index contributed by atoms with van der Waals surface area (Å²) in [6.07, 6.45) is 68.1. The molecule has 3 unspecified atom stereocenters. The van der Waals surface area contributed by atoms with E-state index in [2.05, 4.69) is 27.7 Å². The van der Waals surface area contributed by atoms with Crippen LogP contribution in [-0.2, 0) is 23.9 Å². The van der Waals surface area contributed by atoms with Gasteiger partial charge in [-0.3, -0.25) is 14.4 Å². The summed E-state index contributed by atoms with van der Waals surface area (Å²) in [7, 11) is 0. The molecule has 1 aliphatic heterocycles. The van der Waals surface area contributed by atoms with E-state index in [4.69, 9.17) is 9.84 Å². The number of β-amino-alcohol motifs (C(OH)–C–C–N with tert-alkyl or cyclic N) is 1. The summed E-state index contributed by atoms with van der Waals surface area (Å²) in [5.41, 5.74) is 0. The van der Waals surface area contributed by atoms with Crippen molar-refractivity contribution in [1.29, 1.82) is 0 Å². The molecule has 1 rings (SSSR count). The average Bonchev–Trinajstić information content (AvgIpc) is 3.86. The van der Waals surface area contributed by atoms with E-state index in [1.165, 1.54) is 276 Å². The summed E-state index contributed by atoms with van der Waals surface area (Å²) < 4.78 is 5.54. The molecular formula is C71H137NO7. The lowest BCUT2D eigenvalue weighted by molar-refractivity contribution is -0.153. The number of Topliss-reactive ketones (excluding diaryl/α,β-unsaturated/α-hetero) is 2. The standard InChI is InChI=1S/C37H71NO4.C34H66O3/c1-3-5-7-9-11-13-15-17-19-21-23-25-27-29-31-42-37(41)35-32-34(39)33-38(35)36(40)30-28-26-24-22-20-18-16-14-12-10-8-6-4-2;1-3-5-7-9-11-13-15-17-19-21-23-25-28-32(34(37)30-27-31-35)33(36)29-26-24-22-20-18-16-14-12-10-8-6-4-2/h34-35,39H,3-33H2,1-2H3;32,35H,3-31H2,1-2H3. The van der Waals surface area contributed by atoms with E-state index in [0.29, 0.717) is 38.7 Å². The predicted molar refractivity (Wildman–Crippen MR) is 339 cm³/mol. The van der Waals surface area contributed by atoms with Gasteiger partial charge in [0.05, 0.1) is 18.6 Å². The first kappa shape index (κ1) is 77.2. The minimum absolute atomic E-state index is 0.00642. The van der Waals surface area contributed by atoms with Gasteiger partial charge >= 0.3 is 5.97 Å². The Balaban J connectivity index is 0.00000155. The van der Waals surface area contributed by atoms with Gasteiger partial charge in [-0.2, -0.15) is 0 Å². The number of amides is 1. The zero-order chi connectivity index (χ0) is 57.8. The third-order valence-electron chi connectivity index (χ3n) is 17.1. The molecule has 0 aliphatic carbocycles. The Labute approximate surface area is 491 Å². The molecule has 8 nitrogen and oxygen atoms in total. The molecule has 0 aromatic carbocycles. The molecule has 1 amide bonds. The van der Waals surface area contributed by atoms with Crippen LogP contribution >= 0.6 is 0 Å². The molecule has 1 fully saturated rings. The molecule has 1 aliphatic rings. The highest BCUT2D eigenvalue weighted by Gasteiger charge is 2.39. The van der Waals surface area contributed by atoms with E-state index in [0.717, 1.165) is 57.8 Å². The van der Waals surface area contributed by atoms with Crippen molar-refractivity contribution in [1.82, 2.24) is 4.90 Å². The van der Waals surface area contributed by atoms with Crippen LogP contribution in [0.3, 0.4) is 0 Å². The Morgan fingerprint density at radius 3 is 0.987 bits per heavy atom. The molecule has 3 atom stereocenters.